The number of nitrogens with zero attached hydrogens (tertiary/aromatic N) is 1. The Morgan fingerprint density at radius 1 is 1.44 bits per heavy atom. The van der Waals surface area contributed by atoms with Crippen molar-refractivity contribution in [2.75, 3.05) is 33.4 Å². The van der Waals surface area contributed by atoms with Gasteiger partial charge >= 0.3 is 0 Å². The van der Waals surface area contributed by atoms with E-state index in [2.05, 4.69) is 11.9 Å². The molecule has 1 heterocycles. The molecule has 1 unspecified atom stereocenters. The molecule has 0 radical (unpaired) electrons. The van der Waals surface area contributed by atoms with Gasteiger partial charge in [0.2, 0.25) is 0 Å². The molecular weight excluding hydrogens is 206 g/mol. The van der Waals surface area contributed by atoms with Gasteiger partial charge in [0.15, 0.2) is 0 Å². The van der Waals surface area contributed by atoms with Crippen LogP contribution in [-0.4, -0.2) is 49.5 Å². The van der Waals surface area contributed by atoms with E-state index in [0.29, 0.717) is 6.61 Å². The second kappa shape index (κ2) is 5.18. The van der Waals surface area contributed by atoms with Crippen LogP contribution in [0.4, 0.5) is 0 Å². The lowest BCUT2D eigenvalue weighted by Gasteiger charge is -2.29. The van der Waals surface area contributed by atoms with Crippen molar-refractivity contribution in [3.63, 3.8) is 0 Å². The molecule has 1 N–H and O–H groups in total. The first-order valence-corrected chi connectivity index (χ1v) is 5.46. The van der Waals surface area contributed by atoms with Crippen molar-refractivity contribution in [1.82, 2.24) is 4.90 Å². The molecule has 1 atom stereocenters. The highest BCUT2D eigenvalue weighted by Crippen LogP contribution is 2.16. The number of hydrogen-bond acceptors (Lipinski definition) is 4. The van der Waals surface area contributed by atoms with E-state index in [4.69, 9.17) is 14.6 Å². The molecular formula is C12H17NO3. The second-order valence-corrected chi connectivity index (χ2v) is 4.06. The normalized spacial score (nSPS) is 21.9. The zero-order chi connectivity index (χ0) is 11.4. The molecule has 1 saturated heterocycles. The lowest BCUT2D eigenvalue weighted by molar-refractivity contribution is -0.0403. The predicted molar refractivity (Wildman–Crippen MR) is 60.8 cm³/mol. The summed E-state index contributed by atoms with van der Waals surface area (Å²) in [6.07, 6.45) is 0.132. The topological polar surface area (TPSA) is 41.9 Å². The third kappa shape index (κ3) is 3.12. The predicted octanol–water partition coefficient (Wildman–Crippen LogP) is 1.10. The summed E-state index contributed by atoms with van der Waals surface area (Å²) in [5.41, 5.74) is 0. The number of ether oxygens (including phenoxy) is 2. The summed E-state index contributed by atoms with van der Waals surface area (Å²) in [6.45, 7) is 3.20. The van der Waals surface area contributed by atoms with Crippen LogP contribution in [0, 0.1) is 0 Å². The number of phenolic OH excluding ortho intramolecular Hbond substituents is 1. The van der Waals surface area contributed by atoms with Crippen molar-refractivity contribution in [3.8, 4) is 11.5 Å². The minimum Gasteiger partial charge on any atom is -0.508 e. The third-order valence-electron chi connectivity index (χ3n) is 2.61. The smallest absolute Gasteiger partial charge is 0.119 e. The van der Waals surface area contributed by atoms with Gasteiger partial charge in [0.05, 0.1) is 6.61 Å². The molecule has 0 spiro atoms. The van der Waals surface area contributed by atoms with Crippen LogP contribution in [0.5, 0.6) is 11.5 Å². The van der Waals surface area contributed by atoms with Gasteiger partial charge in [-0.15, -0.1) is 0 Å². The van der Waals surface area contributed by atoms with Gasteiger partial charge in [-0.05, 0) is 31.3 Å². The Morgan fingerprint density at radius 3 is 2.88 bits per heavy atom. The lowest BCUT2D eigenvalue weighted by atomic mass is 10.3. The highest BCUT2D eigenvalue weighted by Gasteiger charge is 2.17. The molecule has 1 fully saturated rings. The van der Waals surface area contributed by atoms with Gasteiger partial charge in [0.25, 0.3) is 0 Å². The van der Waals surface area contributed by atoms with E-state index < -0.39 is 0 Å². The van der Waals surface area contributed by atoms with Crippen LogP contribution < -0.4 is 4.74 Å². The standard InChI is InChI=1S/C12H17NO3/c1-13-6-7-15-12(8-13)9-16-11-4-2-10(14)3-5-11/h2-5,12,14H,6-9H2,1H3. The summed E-state index contributed by atoms with van der Waals surface area (Å²) < 4.78 is 11.2. The van der Waals surface area contributed by atoms with Crippen LogP contribution >= 0.6 is 0 Å². The molecule has 0 amide bonds. The zero-order valence-corrected chi connectivity index (χ0v) is 9.43. The van der Waals surface area contributed by atoms with Crippen LogP contribution in [-0.2, 0) is 4.74 Å². The van der Waals surface area contributed by atoms with Gasteiger partial charge in [0.1, 0.15) is 24.2 Å². The lowest BCUT2D eigenvalue weighted by Crippen LogP contribution is -2.42. The Kier molecular flexibility index (Phi) is 3.64. The van der Waals surface area contributed by atoms with Crippen LogP contribution in [0.15, 0.2) is 24.3 Å². The van der Waals surface area contributed by atoms with Crippen LogP contribution in [0.1, 0.15) is 0 Å². The first kappa shape index (κ1) is 11.2. The number of benzene rings is 1. The molecule has 4 nitrogen and oxygen atoms in total. The number of rotatable bonds is 3. The first-order chi connectivity index (χ1) is 7.74. The van der Waals surface area contributed by atoms with Gasteiger partial charge in [-0.3, -0.25) is 0 Å². The number of likely N-dealkylation sites (N-methyl/N-ethyl adjacent to an activating group) is 1. The molecule has 1 aromatic rings. The molecule has 1 aliphatic rings. The summed E-state index contributed by atoms with van der Waals surface area (Å²) in [6, 6.07) is 6.73. The third-order valence-corrected chi connectivity index (χ3v) is 2.61. The van der Waals surface area contributed by atoms with Crippen molar-refractivity contribution < 1.29 is 14.6 Å². The number of hydrogen-bond donors (Lipinski definition) is 1. The Labute approximate surface area is 95.4 Å². The maximum Gasteiger partial charge on any atom is 0.119 e. The van der Waals surface area contributed by atoms with Crippen LogP contribution in [0.25, 0.3) is 0 Å². The minimum atomic E-state index is 0.132. The van der Waals surface area contributed by atoms with E-state index in [1.807, 2.05) is 0 Å². The SMILES string of the molecule is CN1CCOC(COc2ccc(O)cc2)C1. The van der Waals surface area contributed by atoms with Crippen molar-refractivity contribution in [2.45, 2.75) is 6.10 Å². The Morgan fingerprint density at radius 2 is 2.19 bits per heavy atom. The summed E-state index contributed by atoms with van der Waals surface area (Å²) in [7, 11) is 2.08. The van der Waals surface area contributed by atoms with Crippen molar-refractivity contribution in [3.05, 3.63) is 24.3 Å². The highest BCUT2D eigenvalue weighted by atomic mass is 16.5. The average Bonchev–Trinajstić information content (AvgIpc) is 2.28. The van der Waals surface area contributed by atoms with E-state index in [9.17, 15) is 0 Å². The molecule has 2 rings (SSSR count). The summed E-state index contributed by atoms with van der Waals surface area (Å²) >= 11 is 0. The molecule has 0 saturated carbocycles. The fourth-order valence-electron chi connectivity index (χ4n) is 1.70. The maximum absolute atomic E-state index is 9.12. The molecule has 0 bridgehead atoms. The summed E-state index contributed by atoms with van der Waals surface area (Å²) in [5.74, 6) is 1.01. The molecule has 4 heteroatoms. The molecule has 16 heavy (non-hydrogen) atoms. The zero-order valence-electron chi connectivity index (χ0n) is 9.43. The summed E-state index contributed by atoms with van der Waals surface area (Å²) in [4.78, 5) is 2.23. The van der Waals surface area contributed by atoms with E-state index in [-0.39, 0.29) is 11.9 Å². The molecule has 0 aromatic heterocycles. The summed E-state index contributed by atoms with van der Waals surface area (Å²) in [5, 5.41) is 9.12. The van der Waals surface area contributed by atoms with Gasteiger partial charge in [-0.2, -0.15) is 0 Å². The maximum atomic E-state index is 9.12. The van der Waals surface area contributed by atoms with Gasteiger partial charge in [-0.1, -0.05) is 0 Å². The minimum absolute atomic E-state index is 0.132. The molecule has 88 valence electrons. The van der Waals surface area contributed by atoms with Crippen molar-refractivity contribution >= 4 is 0 Å². The van der Waals surface area contributed by atoms with E-state index in [0.717, 1.165) is 25.4 Å². The first-order valence-electron chi connectivity index (χ1n) is 5.46. The van der Waals surface area contributed by atoms with E-state index in [1.54, 1.807) is 24.3 Å². The molecule has 0 aliphatic carbocycles. The molecule has 1 aliphatic heterocycles. The van der Waals surface area contributed by atoms with Gasteiger partial charge < -0.3 is 19.5 Å². The van der Waals surface area contributed by atoms with Crippen LogP contribution in [0.3, 0.4) is 0 Å². The largest absolute Gasteiger partial charge is 0.508 e. The Bertz CT molecular complexity index is 326. The second-order valence-electron chi connectivity index (χ2n) is 4.06. The number of morpholine rings is 1. The Balaban J connectivity index is 1.80. The van der Waals surface area contributed by atoms with Gasteiger partial charge in [0, 0.05) is 13.1 Å². The van der Waals surface area contributed by atoms with Crippen molar-refractivity contribution in [1.29, 1.82) is 0 Å². The van der Waals surface area contributed by atoms with E-state index in [1.165, 1.54) is 0 Å². The highest BCUT2D eigenvalue weighted by molar-refractivity contribution is 5.30. The molecule has 1 aromatic carbocycles. The van der Waals surface area contributed by atoms with Crippen molar-refractivity contribution in [2.24, 2.45) is 0 Å². The fourth-order valence-corrected chi connectivity index (χ4v) is 1.70. The van der Waals surface area contributed by atoms with E-state index >= 15 is 0 Å². The van der Waals surface area contributed by atoms with Crippen LogP contribution in [0.2, 0.25) is 0 Å². The fraction of sp³-hybridized carbons (Fsp3) is 0.500. The number of aromatic hydroxyl groups is 1. The monoisotopic (exact) mass is 223 g/mol. The number of phenols is 1. The van der Waals surface area contributed by atoms with Gasteiger partial charge in [-0.25, -0.2) is 0 Å². The Hall–Kier alpha value is -1.26. The quantitative estimate of drug-likeness (QED) is 0.833. The average molecular weight is 223 g/mol.